The summed E-state index contributed by atoms with van der Waals surface area (Å²) in [6, 6.07) is 23.0. The van der Waals surface area contributed by atoms with Crippen molar-refractivity contribution in [3.05, 3.63) is 83.0 Å². The maximum absolute atomic E-state index is 13.1. The highest BCUT2D eigenvalue weighted by Crippen LogP contribution is 2.30. The molecule has 8 nitrogen and oxygen atoms in total. The molecule has 0 unspecified atom stereocenters. The second-order valence-electron chi connectivity index (χ2n) is 9.98. The molecule has 10 heteroatoms. The van der Waals surface area contributed by atoms with E-state index in [-0.39, 0.29) is 23.6 Å². The Hall–Kier alpha value is -3.14. The molecule has 2 aliphatic heterocycles. The van der Waals surface area contributed by atoms with E-state index in [0.29, 0.717) is 56.0 Å². The van der Waals surface area contributed by atoms with Gasteiger partial charge in [-0.2, -0.15) is 0 Å². The highest BCUT2D eigenvalue weighted by molar-refractivity contribution is 7.99. The molecule has 0 N–H and O–H groups in total. The summed E-state index contributed by atoms with van der Waals surface area (Å²) in [6.07, 6.45) is 0.518. The van der Waals surface area contributed by atoms with E-state index in [0.717, 1.165) is 18.9 Å². The minimum Gasteiger partial charge on any atom is -0.353 e. The second-order valence-corrected chi connectivity index (χ2v) is 11.3. The summed E-state index contributed by atoms with van der Waals surface area (Å²) >= 11 is 7.65. The molecule has 5 rings (SSSR count). The molecular formula is C30H35ClN6O2S. The first-order chi connectivity index (χ1) is 19.5. The number of thioether (sulfide) groups is 1. The number of rotatable bonds is 8. The van der Waals surface area contributed by atoms with E-state index in [1.807, 2.05) is 28.9 Å². The number of anilines is 1. The molecule has 3 aromatic rings. The van der Waals surface area contributed by atoms with Crippen molar-refractivity contribution >= 4 is 41.0 Å². The van der Waals surface area contributed by atoms with Gasteiger partial charge in [0.25, 0.3) is 0 Å². The smallest absolute Gasteiger partial charge is 0.233 e. The Bertz CT molecular complexity index is 1240. The Morgan fingerprint density at radius 3 is 1.93 bits per heavy atom. The summed E-state index contributed by atoms with van der Waals surface area (Å²) in [5, 5.41) is 0.850. The van der Waals surface area contributed by atoms with Gasteiger partial charge < -0.3 is 14.7 Å². The van der Waals surface area contributed by atoms with Crippen LogP contribution in [0.4, 0.5) is 5.82 Å². The van der Waals surface area contributed by atoms with Crippen LogP contribution < -0.4 is 4.90 Å². The summed E-state index contributed by atoms with van der Waals surface area (Å²) in [7, 11) is 0. The van der Waals surface area contributed by atoms with Crippen LogP contribution in [0.25, 0.3) is 0 Å². The molecule has 0 aliphatic carbocycles. The maximum Gasteiger partial charge on any atom is 0.233 e. The predicted octanol–water partition coefficient (Wildman–Crippen LogP) is 4.21. The minimum atomic E-state index is 0.0810. The lowest BCUT2D eigenvalue weighted by atomic mass is 9.96. The molecule has 2 amide bonds. The van der Waals surface area contributed by atoms with E-state index in [2.05, 4.69) is 68.3 Å². The Morgan fingerprint density at radius 1 is 0.800 bits per heavy atom. The molecule has 2 saturated heterocycles. The molecule has 0 radical (unpaired) electrons. The lowest BCUT2D eigenvalue weighted by molar-refractivity contribution is -0.131. The van der Waals surface area contributed by atoms with Crippen LogP contribution in [-0.2, 0) is 9.59 Å². The van der Waals surface area contributed by atoms with Crippen molar-refractivity contribution in [3.63, 3.8) is 0 Å². The standard InChI is InChI=1S/C30H35ClN6O2S/c1-2-27(38)35-15-13-34(14-16-35)26-21-25(31)32-30(33-26)40-22-28(39)36-17-19-37(20-18-36)29(23-9-5-3-6-10-23)24-11-7-4-8-12-24/h3-12,21,29H,2,13-20,22H2,1H3. The van der Waals surface area contributed by atoms with Gasteiger partial charge in [-0.3, -0.25) is 14.5 Å². The summed E-state index contributed by atoms with van der Waals surface area (Å²) in [5.41, 5.74) is 2.52. The Labute approximate surface area is 245 Å². The van der Waals surface area contributed by atoms with Gasteiger partial charge >= 0.3 is 0 Å². The first kappa shape index (κ1) is 28.4. The van der Waals surface area contributed by atoms with Gasteiger partial charge in [0, 0.05) is 64.8 Å². The minimum absolute atomic E-state index is 0.0810. The van der Waals surface area contributed by atoms with Crippen molar-refractivity contribution in [2.75, 3.05) is 63.0 Å². The van der Waals surface area contributed by atoms with Crippen LogP contribution in [0, 0.1) is 0 Å². The highest BCUT2D eigenvalue weighted by atomic mass is 35.5. The van der Waals surface area contributed by atoms with Crippen molar-refractivity contribution in [2.24, 2.45) is 0 Å². The van der Waals surface area contributed by atoms with Crippen molar-refractivity contribution < 1.29 is 9.59 Å². The maximum atomic E-state index is 13.1. The third-order valence-corrected chi connectivity index (χ3v) is 8.53. The number of amides is 2. The number of carbonyl (C=O) groups excluding carboxylic acids is 2. The SMILES string of the molecule is CCC(=O)N1CCN(c2cc(Cl)nc(SCC(=O)N3CCN(C(c4ccccc4)c4ccccc4)CC3)n2)CC1. The van der Waals surface area contributed by atoms with Gasteiger partial charge in [-0.05, 0) is 11.1 Å². The molecule has 2 aromatic carbocycles. The van der Waals surface area contributed by atoms with Crippen LogP contribution >= 0.6 is 23.4 Å². The summed E-state index contributed by atoms with van der Waals surface area (Å²) < 4.78 is 0. The molecule has 0 atom stereocenters. The number of aromatic nitrogens is 2. The van der Waals surface area contributed by atoms with Crippen LogP contribution in [0.2, 0.25) is 5.15 Å². The van der Waals surface area contributed by atoms with Crippen molar-refractivity contribution in [1.82, 2.24) is 24.7 Å². The third kappa shape index (κ3) is 6.95. The first-order valence-corrected chi connectivity index (χ1v) is 15.2. The van der Waals surface area contributed by atoms with Gasteiger partial charge in [-0.25, -0.2) is 9.97 Å². The van der Waals surface area contributed by atoms with Gasteiger partial charge in [-0.1, -0.05) is 91.0 Å². The highest BCUT2D eigenvalue weighted by Gasteiger charge is 2.28. The predicted molar refractivity (Wildman–Crippen MR) is 160 cm³/mol. The molecule has 0 spiro atoms. The van der Waals surface area contributed by atoms with Gasteiger partial charge in [0.05, 0.1) is 11.8 Å². The lowest BCUT2D eigenvalue weighted by Crippen LogP contribution is -2.50. The van der Waals surface area contributed by atoms with Crippen molar-refractivity contribution in [3.8, 4) is 0 Å². The Kier molecular flexibility index (Phi) is 9.57. The number of carbonyl (C=O) groups is 2. The third-order valence-electron chi connectivity index (χ3n) is 7.51. The number of hydrogen-bond acceptors (Lipinski definition) is 7. The van der Waals surface area contributed by atoms with Crippen molar-refractivity contribution in [2.45, 2.75) is 24.5 Å². The Morgan fingerprint density at radius 2 is 1.35 bits per heavy atom. The summed E-state index contributed by atoms with van der Waals surface area (Å²) in [4.78, 5) is 42.6. The number of piperazine rings is 2. The van der Waals surface area contributed by atoms with Crippen molar-refractivity contribution in [1.29, 1.82) is 0 Å². The van der Waals surface area contributed by atoms with E-state index in [4.69, 9.17) is 11.6 Å². The van der Waals surface area contributed by atoms with Crippen LogP contribution in [-0.4, -0.2) is 94.6 Å². The van der Waals surface area contributed by atoms with Crippen LogP contribution in [0.3, 0.4) is 0 Å². The molecule has 2 aliphatic rings. The largest absolute Gasteiger partial charge is 0.353 e. The van der Waals surface area contributed by atoms with E-state index in [1.165, 1.54) is 22.9 Å². The lowest BCUT2D eigenvalue weighted by Gasteiger charge is -2.39. The first-order valence-electron chi connectivity index (χ1n) is 13.8. The average molecular weight is 579 g/mol. The molecule has 210 valence electrons. The molecular weight excluding hydrogens is 544 g/mol. The van der Waals surface area contributed by atoms with Crippen LogP contribution in [0.1, 0.15) is 30.5 Å². The van der Waals surface area contributed by atoms with Gasteiger partial charge in [-0.15, -0.1) is 0 Å². The zero-order valence-corrected chi connectivity index (χ0v) is 24.4. The topological polar surface area (TPSA) is 72.9 Å². The van der Waals surface area contributed by atoms with Gasteiger partial charge in [0.15, 0.2) is 5.16 Å². The van der Waals surface area contributed by atoms with E-state index < -0.39 is 0 Å². The van der Waals surface area contributed by atoms with E-state index in [9.17, 15) is 9.59 Å². The number of nitrogens with zero attached hydrogens (tertiary/aromatic N) is 6. The number of hydrogen-bond donors (Lipinski definition) is 0. The quantitative estimate of drug-likeness (QED) is 0.225. The molecule has 40 heavy (non-hydrogen) atoms. The van der Waals surface area contributed by atoms with Crippen LogP contribution in [0.5, 0.6) is 0 Å². The number of benzene rings is 2. The molecule has 1 aromatic heterocycles. The summed E-state index contributed by atoms with van der Waals surface area (Å²) in [6.45, 7) is 7.56. The van der Waals surface area contributed by atoms with E-state index >= 15 is 0 Å². The normalized spacial score (nSPS) is 16.4. The molecule has 0 bridgehead atoms. The molecule has 2 fully saturated rings. The molecule has 0 saturated carbocycles. The van der Waals surface area contributed by atoms with E-state index in [1.54, 1.807) is 6.07 Å². The summed E-state index contributed by atoms with van der Waals surface area (Å²) in [5.74, 6) is 1.25. The average Bonchev–Trinajstić information content (AvgIpc) is 3.01. The fourth-order valence-electron chi connectivity index (χ4n) is 5.35. The fraction of sp³-hybridized carbons (Fsp3) is 0.400. The zero-order valence-electron chi connectivity index (χ0n) is 22.8. The Balaban J connectivity index is 1.16. The molecule has 3 heterocycles. The number of halogens is 1. The van der Waals surface area contributed by atoms with Gasteiger partial charge in [0.2, 0.25) is 11.8 Å². The van der Waals surface area contributed by atoms with Crippen LogP contribution in [0.15, 0.2) is 71.9 Å². The monoisotopic (exact) mass is 578 g/mol. The van der Waals surface area contributed by atoms with Gasteiger partial charge in [0.1, 0.15) is 11.0 Å². The second kappa shape index (κ2) is 13.5. The zero-order chi connectivity index (χ0) is 27.9. The fourth-order valence-corrected chi connectivity index (χ4v) is 6.34.